The van der Waals surface area contributed by atoms with Crippen molar-refractivity contribution in [3.8, 4) is 11.5 Å². The largest absolute Gasteiger partial charge is 0.482 e. The molecule has 2 nitrogen and oxygen atoms in total. The Morgan fingerprint density at radius 2 is 1.33 bits per heavy atom. The van der Waals surface area contributed by atoms with Crippen LogP contribution in [-0.2, 0) is 0 Å². The molecular weight excluding hydrogens is 236 g/mol. The summed E-state index contributed by atoms with van der Waals surface area (Å²) in [6.45, 7) is -2.68. The smallest absolute Gasteiger partial charge is 0.346 e. The van der Waals surface area contributed by atoms with Gasteiger partial charge in [-0.3, -0.25) is 0 Å². The number of alkyl halides is 4. The van der Waals surface area contributed by atoms with Gasteiger partial charge in [0.25, 0.3) is 0 Å². The molecular formula is C8H6F4O2S. The van der Waals surface area contributed by atoms with Crippen LogP contribution >= 0.6 is 11.3 Å². The van der Waals surface area contributed by atoms with Crippen molar-refractivity contribution in [2.75, 3.05) is 13.2 Å². The third-order valence-electron chi connectivity index (χ3n) is 1.95. The van der Waals surface area contributed by atoms with Gasteiger partial charge in [-0.15, -0.1) is 11.3 Å². The zero-order chi connectivity index (χ0) is 11.1. The van der Waals surface area contributed by atoms with Crippen molar-refractivity contribution < 1.29 is 27.0 Å². The number of ether oxygens (including phenoxy) is 2. The van der Waals surface area contributed by atoms with Crippen molar-refractivity contribution in [1.29, 1.82) is 0 Å². The second-order valence-electron chi connectivity index (χ2n) is 3.09. The molecule has 0 saturated heterocycles. The first-order chi connectivity index (χ1) is 6.92. The van der Waals surface area contributed by atoms with E-state index in [1.807, 2.05) is 0 Å². The SMILES string of the molecule is FC1(F)COc2cscc2OCC1(F)F. The lowest BCUT2D eigenvalue weighted by molar-refractivity contribution is -0.236. The van der Waals surface area contributed by atoms with Gasteiger partial charge in [-0.1, -0.05) is 0 Å². The van der Waals surface area contributed by atoms with Crippen LogP contribution in [0.2, 0.25) is 0 Å². The molecule has 84 valence electrons. The topological polar surface area (TPSA) is 18.5 Å². The Hall–Kier alpha value is -0.980. The van der Waals surface area contributed by atoms with E-state index in [0.29, 0.717) is 0 Å². The van der Waals surface area contributed by atoms with Gasteiger partial charge in [-0.25, -0.2) is 0 Å². The van der Waals surface area contributed by atoms with Crippen molar-refractivity contribution in [2.45, 2.75) is 11.8 Å². The van der Waals surface area contributed by atoms with Crippen molar-refractivity contribution >= 4 is 11.3 Å². The predicted octanol–water partition coefficient (Wildman–Crippen LogP) is 2.79. The fourth-order valence-electron chi connectivity index (χ4n) is 1.03. The minimum Gasteiger partial charge on any atom is -0.482 e. The highest BCUT2D eigenvalue weighted by Gasteiger charge is 2.58. The molecule has 0 aliphatic carbocycles. The lowest BCUT2D eigenvalue weighted by Gasteiger charge is -2.28. The number of fused-ring (bicyclic) bond motifs is 1. The minimum atomic E-state index is -4.22. The highest BCUT2D eigenvalue weighted by atomic mass is 32.1. The number of halogens is 4. The molecule has 0 spiro atoms. The molecule has 1 aromatic rings. The summed E-state index contributed by atoms with van der Waals surface area (Å²) in [7, 11) is 0. The van der Waals surface area contributed by atoms with Gasteiger partial charge < -0.3 is 9.47 Å². The number of hydrogen-bond acceptors (Lipinski definition) is 3. The van der Waals surface area contributed by atoms with Gasteiger partial charge >= 0.3 is 11.8 Å². The average molecular weight is 242 g/mol. The summed E-state index contributed by atoms with van der Waals surface area (Å²) in [5.41, 5.74) is 0. The Bertz CT molecular complexity index is 331. The first-order valence-electron chi connectivity index (χ1n) is 4.00. The average Bonchev–Trinajstić information content (AvgIpc) is 2.57. The highest BCUT2D eigenvalue weighted by molar-refractivity contribution is 7.08. The van der Waals surface area contributed by atoms with Gasteiger partial charge in [-0.2, -0.15) is 17.6 Å². The molecule has 1 aromatic heterocycles. The van der Waals surface area contributed by atoms with Crippen LogP contribution in [0.15, 0.2) is 10.8 Å². The summed E-state index contributed by atoms with van der Waals surface area (Å²) < 4.78 is 60.6. The normalized spacial score (nSPS) is 22.9. The van der Waals surface area contributed by atoms with E-state index in [4.69, 9.17) is 0 Å². The van der Waals surface area contributed by atoms with Gasteiger partial charge in [-0.05, 0) is 0 Å². The standard InChI is InChI=1S/C8H6F4O2S/c9-7(10)3-13-5-1-15-2-6(5)14-4-8(7,11)12/h1-2H,3-4H2. The molecule has 0 atom stereocenters. The molecule has 1 aliphatic rings. The third kappa shape index (κ3) is 1.75. The summed E-state index contributed by atoms with van der Waals surface area (Å²) in [4.78, 5) is 0. The van der Waals surface area contributed by atoms with Gasteiger partial charge in [0.15, 0.2) is 24.7 Å². The Morgan fingerprint density at radius 1 is 0.933 bits per heavy atom. The third-order valence-corrected chi connectivity index (χ3v) is 2.65. The molecule has 0 fully saturated rings. The first kappa shape index (κ1) is 10.5. The molecule has 0 saturated carbocycles. The van der Waals surface area contributed by atoms with Crippen LogP contribution < -0.4 is 9.47 Å². The molecule has 2 rings (SSSR count). The second kappa shape index (κ2) is 3.26. The molecule has 0 bridgehead atoms. The van der Waals surface area contributed by atoms with Gasteiger partial charge in [0.2, 0.25) is 0 Å². The van der Waals surface area contributed by atoms with E-state index in [1.54, 1.807) is 0 Å². The fraction of sp³-hybridized carbons (Fsp3) is 0.500. The maximum absolute atomic E-state index is 12.9. The zero-order valence-electron chi connectivity index (χ0n) is 7.31. The van der Waals surface area contributed by atoms with E-state index in [9.17, 15) is 17.6 Å². The summed E-state index contributed by atoms with van der Waals surface area (Å²) in [6.07, 6.45) is 0. The fourth-order valence-corrected chi connectivity index (χ4v) is 1.72. The Morgan fingerprint density at radius 3 is 1.73 bits per heavy atom. The van der Waals surface area contributed by atoms with E-state index in [2.05, 4.69) is 9.47 Å². The highest BCUT2D eigenvalue weighted by Crippen LogP contribution is 2.41. The maximum atomic E-state index is 12.9. The Kier molecular flexibility index (Phi) is 2.29. The van der Waals surface area contributed by atoms with Crippen LogP contribution in [0, 0.1) is 0 Å². The lowest BCUT2D eigenvalue weighted by Crippen LogP contribution is -2.49. The molecule has 2 heterocycles. The molecule has 7 heteroatoms. The monoisotopic (exact) mass is 242 g/mol. The zero-order valence-corrected chi connectivity index (χ0v) is 8.12. The van der Waals surface area contributed by atoms with Gasteiger partial charge in [0, 0.05) is 10.8 Å². The van der Waals surface area contributed by atoms with Crippen molar-refractivity contribution in [3.63, 3.8) is 0 Å². The van der Waals surface area contributed by atoms with Crippen LogP contribution in [0.1, 0.15) is 0 Å². The maximum Gasteiger partial charge on any atom is 0.346 e. The van der Waals surface area contributed by atoms with Gasteiger partial charge in [0.05, 0.1) is 0 Å². The van der Waals surface area contributed by atoms with Crippen LogP contribution in [0.3, 0.4) is 0 Å². The van der Waals surface area contributed by atoms with Crippen LogP contribution in [0.4, 0.5) is 17.6 Å². The van der Waals surface area contributed by atoms with E-state index in [1.165, 1.54) is 10.8 Å². The quantitative estimate of drug-likeness (QED) is 0.651. The Labute approximate surface area is 86.4 Å². The van der Waals surface area contributed by atoms with Crippen LogP contribution in [0.5, 0.6) is 11.5 Å². The summed E-state index contributed by atoms with van der Waals surface area (Å²) in [5.74, 6) is -8.27. The number of hydrogen-bond donors (Lipinski definition) is 0. The Balaban J connectivity index is 2.28. The molecule has 0 unspecified atom stereocenters. The summed E-state index contributed by atoms with van der Waals surface area (Å²) in [6, 6.07) is 0. The van der Waals surface area contributed by atoms with E-state index in [0.717, 1.165) is 11.3 Å². The molecule has 0 amide bonds. The number of rotatable bonds is 0. The second-order valence-corrected chi connectivity index (χ2v) is 3.83. The molecule has 0 radical (unpaired) electrons. The minimum absolute atomic E-state index is 0.0789. The van der Waals surface area contributed by atoms with Crippen molar-refractivity contribution in [3.05, 3.63) is 10.8 Å². The molecule has 0 N–H and O–H groups in total. The number of thiophene rings is 1. The summed E-state index contributed by atoms with van der Waals surface area (Å²) in [5, 5.41) is 2.85. The molecule has 0 aromatic carbocycles. The molecule has 1 aliphatic heterocycles. The van der Waals surface area contributed by atoms with E-state index < -0.39 is 25.1 Å². The van der Waals surface area contributed by atoms with Gasteiger partial charge in [0.1, 0.15) is 0 Å². The van der Waals surface area contributed by atoms with E-state index >= 15 is 0 Å². The first-order valence-corrected chi connectivity index (χ1v) is 4.94. The molecule has 15 heavy (non-hydrogen) atoms. The van der Waals surface area contributed by atoms with E-state index in [-0.39, 0.29) is 11.5 Å². The lowest BCUT2D eigenvalue weighted by atomic mass is 10.2. The van der Waals surface area contributed by atoms with Crippen LogP contribution in [-0.4, -0.2) is 25.1 Å². The summed E-state index contributed by atoms with van der Waals surface area (Å²) >= 11 is 1.13. The van der Waals surface area contributed by atoms with Crippen molar-refractivity contribution in [1.82, 2.24) is 0 Å². The predicted molar refractivity (Wildman–Crippen MR) is 45.2 cm³/mol. The van der Waals surface area contributed by atoms with Crippen molar-refractivity contribution in [2.24, 2.45) is 0 Å². The van der Waals surface area contributed by atoms with Crippen LogP contribution in [0.25, 0.3) is 0 Å².